The van der Waals surface area contributed by atoms with Crippen molar-refractivity contribution in [3.63, 3.8) is 0 Å². The number of aliphatic hydroxyl groups excluding tert-OH is 1. The zero-order valence-corrected chi connectivity index (χ0v) is 11.3. The van der Waals surface area contributed by atoms with E-state index >= 15 is 0 Å². The van der Waals surface area contributed by atoms with Crippen LogP contribution in [0.3, 0.4) is 0 Å². The molecule has 0 aromatic heterocycles. The van der Waals surface area contributed by atoms with Crippen molar-refractivity contribution in [2.75, 3.05) is 18.9 Å². The zero-order chi connectivity index (χ0) is 12.5. The van der Waals surface area contributed by atoms with E-state index in [2.05, 4.69) is 0 Å². The minimum absolute atomic E-state index is 0.0994. The molecule has 1 heterocycles. The van der Waals surface area contributed by atoms with Gasteiger partial charge in [-0.2, -0.15) is 4.31 Å². The van der Waals surface area contributed by atoms with Crippen LogP contribution in [0.2, 0.25) is 0 Å². The summed E-state index contributed by atoms with van der Waals surface area (Å²) in [4.78, 5) is 0. The molecule has 1 N–H and O–H groups in total. The van der Waals surface area contributed by atoms with Gasteiger partial charge in [0, 0.05) is 19.2 Å². The highest BCUT2D eigenvalue weighted by Gasteiger charge is 2.35. The van der Waals surface area contributed by atoms with Gasteiger partial charge in [-0.1, -0.05) is 6.42 Å². The van der Waals surface area contributed by atoms with Crippen molar-refractivity contribution in [3.05, 3.63) is 0 Å². The van der Waals surface area contributed by atoms with Gasteiger partial charge in [-0.15, -0.1) is 0 Å². The molecule has 0 aromatic carbocycles. The first-order valence-corrected chi connectivity index (χ1v) is 8.24. The molecule has 17 heavy (non-hydrogen) atoms. The number of nitrogens with zero attached hydrogens (tertiary/aromatic N) is 1. The monoisotopic (exact) mass is 261 g/mol. The number of aliphatic hydroxyl groups is 1. The molecule has 1 aliphatic heterocycles. The second kappa shape index (κ2) is 5.24. The molecule has 5 heteroatoms. The maximum atomic E-state index is 12.3. The fourth-order valence-electron chi connectivity index (χ4n) is 2.74. The van der Waals surface area contributed by atoms with E-state index in [0.717, 1.165) is 25.7 Å². The number of hydrogen-bond donors (Lipinski definition) is 1. The lowest BCUT2D eigenvalue weighted by atomic mass is 9.87. The van der Waals surface area contributed by atoms with E-state index in [1.165, 1.54) is 6.42 Å². The van der Waals surface area contributed by atoms with E-state index in [-0.39, 0.29) is 18.6 Å². The lowest BCUT2D eigenvalue weighted by molar-refractivity contribution is 0.138. The van der Waals surface area contributed by atoms with Crippen LogP contribution >= 0.6 is 0 Å². The maximum Gasteiger partial charge on any atom is 0.214 e. The fourth-order valence-corrected chi connectivity index (χ4v) is 4.95. The third kappa shape index (κ3) is 3.01. The molecule has 0 aromatic rings. The van der Waals surface area contributed by atoms with Crippen molar-refractivity contribution in [2.45, 2.75) is 45.1 Å². The number of piperidine rings is 1. The highest BCUT2D eigenvalue weighted by Crippen LogP contribution is 2.31. The molecule has 2 aliphatic rings. The molecule has 1 saturated carbocycles. The quantitative estimate of drug-likeness (QED) is 0.827. The first kappa shape index (κ1) is 13.3. The van der Waals surface area contributed by atoms with Crippen LogP contribution in [0.5, 0.6) is 0 Å². The smallest absolute Gasteiger partial charge is 0.214 e. The Hall–Kier alpha value is -0.130. The lowest BCUT2D eigenvalue weighted by Crippen LogP contribution is -2.48. The van der Waals surface area contributed by atoms with Gasteiger partial charge >= 0.3 is 0 Å². The van der Waals surface area contributed by atoms with Crippen LogP contribution < -0.4 is 0 Å². The summed E-state index contributed by atoms with van der Waals surface area (Å²) in [6.07, 6.45) is 5.10. The Kier molecular flexibility index (Phi) is 4.10. The fraction of sp³-hybridized carbons (Fsp3) is 1.00. The van der Waals surface area contributed by atoms with Crippen molar-refractivity contribution in [3.8, 4) is 0 Å². The van der Waals surface area contributed by atoms with Crippen LogP contribution in [-0.4, -0.2) is 42.8 Å². The molecule has 2 fully saturated rings. The normalized spacial score (nSPS) is 32.4. The van der Waals surface area contributed by atoms with Gasteiger partial charge in [-0.3, -0.25) is 0 Å². The summed E-state index contributed by atoms with van der Waals surface area (Å²) in [7, 11) is -3.11. The summed E-state index contributed by atoms with van der Waals surface area (Å²) >= 11 is 0. The molecule has 2 atom stereocenters. The van der Waals surface area contributed by atoms with E-state index < -0.39 is 10.0 Å². The van der Waals surface area contributed by atoms with E-state index in [9.17, 15) is 13.5 Å². The highest BCUT2D eigenvalue weighted by atomic mass is 32.2. The molecule has 4 nitrogen and oxygen atoms in total. The Labute approximate surface area is 104 Å². The third-order valence-corrected chi connectivity index (χ3v) is 6.33. The summed E-state index contributed by atoms with van der Waals surface area (Å²) in [5.41, 5.74) is 0. The summed E-state index contributed by atoms with van der Waals surface area (Å²) in [5.74, 6) is 0.819. The lowest BCUT2D eigenvalue weighted by Gasteiger charge is -2.38. The van der Waals surface area contributed by atoms with Crippen molar-refractivity contribution in [1.29, 1.82) is 0 Å². The largest absolute Gasteiger partial charge is 0.396 e. The number of hydrogen-bond acceptors (Lipinski definition) is 3. The first-order chi connectivity index (χ1) is 8.03. The second-order valence-electron chi connectivity index (χ2n) is 5.62. The Morgan fingerprint density at radius 3 is 2.41 bits per heavy atom. The van der Waals surface area contributed by atoms with Crippen LogP contribution in [-0.2, 0) is 10.0 Å². The van der Waals surface area contributed by atoms with Crippen LogP contribution in [0.15, 0.2) is 0 Å². The Balaban J connectivity index is 2.01. The van der Waals surface area contributed by atoms with Crippen molar-refractivity contribution in [1.82, 2.24) is 4.31 Å². The van der Waals surface area contributed by atoms with Crippen molar-refractivity contribution < 1.29 is 13.5 Å². The van der Waals surface area contributed by atoms with Gasteiger partial charge in [-0.25, -0.2) is 8.42 Å². The SMILES string of the molecule is CC1CCC(CO)CN1S(=O)(=O)CC1CCC1. The second-order valence-corrected chi connectivity index (χ2v) is 7.59. The maximum absolute atomic E-state index is 12.3. The van der Waals surface area contributed by atoms with Gasteiger partial charge in [0.25, 0.3) is 0 Å². The van der Waals surface area contributed by atoms with Gasteiger partial charge in [0.1, 0.15) is 0 Å². The average molecular weight is 261 g/mol. The van der Waals surface area contributed by atoms with Gasteiger partial charge in [0.15, 0.2) is 0 Å². The van der Waals surface area contributed by atoms with Crippen LogP contribution in [0, 0.1) is 11.8 Å². The summed E-state index contributed by atoms with van der Waals surface area (Å²) in [5, 5.41) is 9.18. The van der Waals surface area contributed by atoms with E-state index in [1.54, 1.807) is 4.31 Å². The van der Waals surface area contributed by atoms with Gasteiger partial charge in [-0.05, 0) is 44.4 Å². The topological polar surface area (TPSA) is 57.6 Å². The Morgan fingerprint density at radius 1 is 1.18 bits per heavy atom. The van der Waals surface area contributed by atoms with Crippen molar-refractivity contribution in [2.24, 2.45) is 11.8 Å². The van der Waals surface area contributed by atoms with E-state index in [4.69, 9.17) is 0 Å². The first-order valence-electron chi connectivity index (χ1n) is 6.63. The van der Waals surface area contributed by atoms with Gasteiger partial charge < -0.3 is 5.11 Å². The predicted octanol–water partition coefficient (Wildman–Crippen LogP) is 1.21. The molecule has 0 bridgehead atoms. The standard InChI is InChI=1S/C12H23NO3S/c1-10-5-6-12(8-14)7-13(10)17(15,16)9-11-3-2-4-11/h10-12,14H,2-9H2,1H3. The molecule has 1 aliphatic carbocycles. The molecule has 0 amide bonds. The zero-order valence-electron chi connectivity index (χ0n) is 10.5. The average Bonchev–Trinajstić information content (AvgIpc) is 2.24. The molecular weight excluding hydrogens is 238 g/mol. The third-order valence-electron chi connectivity index (χ3n) is 4.21. The molecule has 0 radical (unpaired) electrons. The van der Waals surface area contributed by atoms with Gasteiger partial charge in [0.05, 0.1) is 5.75 Å². The summed E-state index contributed by atoms with van der Waals surface area (Å²) in [6.45, 7) is 2.58. The molecule has 1 saturated heterocycles. The molecular formula is C12H23NO3S. The summed E-state index contributed by atoms with van der Waals surface area (Å²) < 4.78 is 26.2. The van der Waals surface area contributed by atoms with E-state index in [1.807, 2.05) is 6.92 Å². The number of rotatable bonds is 4. The Bertz CT molecular complexity index is 351. The van der Waals surface area contributed by atoms with Crippen LogP contribution in [0.25, 0.3) is 0 Å². The minimum atomic E-state index is -3.11. The molecule has 0 spiro atoms. The van der Waals surface area contributed by atoms with E-state index in [0.29, 0.717) is 18.2 Å². The van der Waals surface area contributed by atoms with Crippen LogP contribution in [0.4, 0.5) is 0 Å². The van der Waals surface area contributed by atoms with Crippen molar-refractivity contribution >= 4 is 10.0 Å². The van der Waals surface area contributed by atoms with Gasteiger partial charge in [0.2, 0.25) is 10.0 Å². The minimum Gasteiger partial charge on any atom is -0.396 e. The number of sulfonamides is 1. The molecule has 2 rings (SSSR count). The molecule has 2 unspecified atom stereocenters. The Morgan fingerprint density at radius 2 is 1.88 bits per heavy atom. The summed E-state index contributed by atoms with van der Waals surface area (Å²) in [6, 6.07) is 0.0999. The highest BCUT2D eigenvalue weighted by molar-refractivity contribution is 7.89. The predicted molar refractivity (Wildman–Crippen MR) is 67.1 cm³/mol. The van der Waals surface area contributed by atoms with Crippen LogP contribution in [0.1, 0.15) is 39.0 Å². The molecule has 100 valence electrons.